The molecule has 2 aromatic carbocycles. The van der Waals surface area contributed by atoms with E-state index in [4.69, 9.17) is 4.74 Å². The van der Waals surface area contributed by atoms with Gasteiger partial charge in [0.25, 0.3) is 0 Å². The highest BCUT2D eigenvalue weighted by molar-refractivity contribution is 5.86. The van der Waals surface area contributed by atoms with Gasteiger partial charge in [-0.25, -0.2) is 0 Å². The molecule has 0 saturated heterocycles. The number of hydrogen-bond donors (Lipinski definition) is 1. The fourth-order valence-electron chi connectivity index (χ4n) is 3.90. The Hall–Kier alpha value is -2.82. The number of amides is 1. The molecule has 1 aliphatic rings. The molecule has 0 bridgehead atoms. The monoisotopic (exact) mass is 394 g/mol. The van der Waals surface area contributed by atoms with E-state index < -0.39 is 5.92 Å². The van der Waals surface area contributed by atoms with Crippen molar-refractivity contribution in [1.82, 2.24) is 5.32 Å². The van der Waals surface area contributed by atoms with Crippen LogP contribution >= 0.6 is 0 Å². The van der Waals surface area contributed by atoms with E-state index in [9.17, 15) is 9.59 Å². The first-order chi connectivity index (χ1) is 14.0. The van der Waals surface area contributed by atoms with Crippen LogP contribution in [0.5, 0.6) is 5.75 Å². The third-order valence-corrected chi connectivity index (χ3v) is 5.72. The average Bonchev–Trinajstić information content (AvgIpc) is 2.72. The first-order valence-corrected chi connectivity index (χ1v) is 10.4. The maximum atomic E-state index is 12.6. The summed E-state index contributed by atoms with van der Waals surface area (Å²) in [6.07, 6.45) is 0.917. The first kappa shape index (κ1) is 20.9. The van der Waals surface area contributed by atoms with Gasteiger partial charge in [-0.15, -0.1) is 0 Å². The number of anilines is 1. The van der Waals surface area contributed by atoms with Gasteiger partial charge >= 0.3 is 5.97 Å². The predicted octanol–water partition coefficient (Wildman–Crippen LogP) is 3.92. The third kappa shape index (κ3) is 4.97. The first-order valence-electron chi connectivity index (χ1n) is 10.4. The van der Waals surface area contributed by atoms with Crippen molar-refractivity contribution >= 4 is 17.6 Å². The standard InChI is InChI=1S/C24H30N2O3/c1-4-26(5-2)19-11-12-20-17(3)21(24(28)29-22(20)15-19)16-23(27)25-14-13-18-9-7-6-8-10-18/h6-12,15,17,21H,4-5,13-14,16H2,1-3H3,(H,25,27). The number of carbonyl (C=O) groups is 2. The molecule has 154 valence electrons. The Morgan fingerprint density at radius 1 is 1.10 bits per heavy atom. The number of nitrogens with zero attached hydrogens (tertiary/aromatic N) is 1. The smallest absolute Gasteiger partial charge is 0.315 e. The third-order valence-electron chi connectivity index (χ3n) is 5.72. The number of esters is 1. The van der Waals surface area contributed by atoms with E-state index in [-0.39, 0.29) is 24.2 Å². The molecule has 0 radical (unpaired) electrons. The van der Waals surface area contributed by atoms with Gasteiger partial charge in [-0.2, -0.15) is 0 Å². The summed E-state index contributed by atoms with van der Waals surface area (Å²) in [4.78, 5) is 27.2. The Morgan fingerprint density at radius 3 is 2.52 bits per heavy atom. The zero-order valence-corrected chi connectivity index (χ0v) is 17.5. The van der Waals surface area contributed by atoms with Crippen molar-refractivity contribution in [2.24, 2.45) is 5.92 Å². The van der Waals surface area contributed by atoms with E-state index in [1.807, 2.05) is 49.4 Å². The van der Waals surface area contributed by atoms with Crippen LogP contribution in [0.3, 0.4) is 0 Å². The largest absolute Gasteiger partial charge is 0.426 e. The van der Waals surface area contributed by atoms with Crippen molar-refractivity contribution in [2.75, 3.05) is 24.5 Å². The second-order valence-corrected chi connectivity index (χ2v) is 7.50. The maximum absolute atomic E-state index is 12.6. The summed E-state index contributed by atoms with van der Waals surface area (Å²) in [5.74, 6) is -0.333. The number of rotatable bonds is 8. The van der Waals surface area contributed by atoms with Gasteiger partial charge in [0.1, 0.15) is 5.75 Å². The van der Waals surface area contributed by atoms with Crippen molar-refractivity contribution in [2.45, 2.75) is 39.5 Å². The molecular weight excluding hydrogens is 364 g/mol. The zero-order chi connectivity index (χ0) is 20.8. The minimum atomic E-state index is -0.460. The van der Waals surface area contributed by atoms with Gasteiger partial charge in [0.15, 0.2) is 0 Å². The van der Waals surface area contributed by atoms with E-state index in [1.165, 1.54) is 5.56 Å². The molecule has 1 N–H and O–H groups in total. The summed E-state index contributed by atoms with van der Waals surface area (Å²) < 4.78 is 5.62. The Kier molecular flexibility index (Phi) is 6.91. The lowest BCUT2D eigenvalue weighted by atomic mass is 9.82. The molecule has 1 heterocycles. The Labute approximate surface area is 173 Å². The molecule has 0 spiro atoms. The highest BCUT2D eigenvalue weighted by Crippen LogP contribution is 2.40. The molecule has 2 aromatic rings. The van der Waals surface area contributed by atoms with Crippen LogP contribution in [0.2, 0.25) is 0 Å². The van der Waals surface area contributed by atoms with Gasteiger partial charge in [-0.1, -0.05) is 43.3 Å². The Bertz CT molecular complexity index is 846. The van der Waals surface area contributed by atoms with Crippen molar-refractivity contribution in [3.05, 3.63) is 59.7 Å². The van der Waals surface area contributed by atoms with E-state index in [0.717, 1.165) is 30.8 Å². The molecular formula is C24H30N2O3. The van der Waals surface area contributed by atoms with Crippen LogP contribution < -0.4 is 15.0 Å². The van der Waals surface area contributed by atoms with Crippen molar-refractivity contribution in [3.8, 4) is 5.75 Å². The fraction of sp³-hybridized carbons (Fsp3) is 0.417. The van der Waals surface area contributed by atoms with Crippen LogP contribution in [0, 0.1) is 5.92 Å². The van der Waals surface area contributed by atoms with Crippen LogP contribution in [0.1, 0.15) is 44.2 Å². The lowest BCUT2D eigenvalue weighted by molar-refractivity contribution is -0.143. The molecule has 0 aliphatic carbocycles. The normalized spacial score (nSPS) is 18.0. The van der Waals surface area contributed by atoms with Crippen LogP contribution in [-0.4, -0.2) is 31.5 Å². The van der Waals surface area contributed by atoms with E-state index in [1.54, 1.807) is 0 Å². The number of carbonyl (C=O) groups excluding carboxylic acids is 2. The van der Waals surface area contributed by atoms with E-state index >= 15 is 0 Å². The SMILES string of the molecule is CCN(CC)c1ccc2c(c1)OC(=O)C(CC(=O)NCCc1ccccc1)C2C. The number of nitrogens with one attached hydrogen (secondary N) is 1. The second kappa shape index (κ2) is 9.59. The molecule has 0 saturated carbocycles. The Morgan fingerprint density at radius 2 is 1.83 bits per heavy atom. The molecule has 5 heteroatoms. The van der Waals surface area contributed by atoms with Crippen LogP contribution in [0.25, 0.3) is 0 Å². The van der Waals surface area contributed by atoms with Gasteiger partial charge in [-0.3, -0.25) is 9.59 Å². The number of benzene rings is 2. The van der Waals surface area contributed by atoms with Gasteiger partial charge in [0, 0.05) is 37.8 Å². The quantitative estimate of drug-likeness (QED) is 0.545. The highest BCUT2D eigenvalue weighted by atomic mass is 16.5. The molecule has 29 heavy (non-hydrogen) atoms. The summed E-state index contributed by atoms with van der Waals surface area (Å²) in [7, 11) is 0. The summed E-state index contributed by atoms with van der Waals surface area (Å²) >= 11 is 0. The second-order valence-electron chi connectivity index (χ2n) is 7.50. The topological polar surface area (TPSA) is 58.6 Å². The van der Waals surface area contributed by atoms with Crippen molar-refractivity contribution < 1.29 is 14.3 Å². The van der Waals surface area contributed by atoms with Crippen molar-refractivity contribution in [3.63, 3.8) is 0 Å². The number of hydrogen-bond acceptors (Lipinski definition) is 4. The average molecular weight is 395 g/mol. The van der Waals surface area contributed by atoms with E-state index in [2.05, 4.69) is 30.1 Å². The number of fused-ring (bicyclic) bond motifs is 1. The van der Waals surface area contributed by atoms with Crippen LogP contribution in [-0.2, 0) is 16.0 Å². The lowest BCUT2D eigenvalue weighted by Crippen LogP contribution is -2.36. The lowest BCUT2D eigenvalue weighted by Gasteiger charge is -2.30. The molecule has 1 aliphatic heterocycles. The number of ether oxygens (including phenoxy) is 1. The van der Waals surface area contributed by atoms with Gasteiger partial charge in [0.2, 0.25) is 5.91 Å². The molecule has 2 unspecified atom stereocenters. The molecule has 5 nitrogen and oxygen atoms in total. The van der Waals surface area contributed by atoms with Crippen LogP contribution in [0.15, 0.2) is 48.5 Å². The zero-order valence-electron chi connectivity index (χ0n) is 17.5. The van der Waals surface area contributed by atoms with Gasteiger partial charge < -0.3 is 15.0 Å². The van der Waals surface area contributed by atoms with Gasteiger partial charge in [-0.05, 0) is 43.4 Å². The fourth-order valence-corrected chi connectivity index (χ4v) is 3.90. The highest BCUT2D eigenvalue weighted by Gasteiger charge is 2.36. The molecule has 0 aromatic heterocycles. The van der Waals surface area contributed by atoms with Crippen molar-refractivity contribution in [1.29, 1.82) is 0 Å². The molecule has 0 fully saturated rings. The minimum Gasteiger partial charge on any atom is -0.426 e. The van der Waals surface area contributed by atoms with Gasteiger partial charge in [0.05, 0.1) is 5.92 Å². The Balaban J connectivity index is 1.61. The summed E-state index contributed by atoms with van der Waals surface area (Å²) in [5.41, 5.74) is 3.21. The molecule has 1 amide bonds. The minimum absolute atomic E-state index is 0.0584. The van der Waals surface area contributed by atoms with E-state index in [0.29, 0.717) is 12.3 Å². The maximum Gasteiger partial charge on any atom is 0.315 e. The summed E-state index contributed by atoms with van der Waals surface area (Å²) in [6, 6.07) is 16.1. The predicted molar refractivity (Wildman–Crippen MR) is 115 cm³/mol. The summed E-state index contributed by atoms with van der Waals surface area (Å²) in [5, 5.41) is 2.93. The summed E-state index contributed by atoms with van der Waals surface area (Å²) in [6.45, 7) is 8.55. The molecule has 3 rings (SSSR count). The van der Waals surface area contributed by atoms with Crippen LogP contribution in [0.4, 0.5) is 5.69 Å². The molecule has 2 atom stereocenters.